The maximum atomic E-state index is 12.7. The van der Waals surface area contributed by atoms with Gasteiger partial charge in [-0.3, -0.25) is 14.6 Å². The normalized spacial score (nSPS) is 15.4. The lowest BCUT2D eigenvalue weighted by Gasteiger charge is -2.12. The van der Waals surface area contributed by atoms with Crippen molar-refractivity contribution in [2.45, 2.75) is 12.5 Å². The first-order chi connectivity index (χ1) is 14.1. The average Bonchev–Trinajstić information content (AvgIpc) is 3.23. The van der Waals surface area contributed by atoms with E-state index in [1.54, 1.807) is 24.4 Å². The van der Waals surface area contributed by atoms with Crippen LogP contribution in [-0.4, -0.2) is 35.2 Å². The number of hydrogen-bond donors (Lipinski definition) is 2. The van der Waals surface area contributed by atoms with Crippen molar-refractivity contribution in [2.75, 3.05) is 11.9 Å². The number of anilines is 1. The molecule has 0 fully saturated rings. The van der Waals surface area contributed by atoms with Gasteiger partial charge in [0.2, 0.25) is 6.10 Å². The topological polar surface area (TPSA) is 116 Å². The molecule has 1 aliphatic heterocycles. The van der Waals surface area contributed by atoms with Gasteiger partial charge in [0.05, 0.1) is 16.9 Å². The lowest BCUT2D eigenvalue weighted by molar-refractivity contribution is -0.125. The monoisotopic (exact) mass is 390 g/mol. The second-order valence-corrected chi connectivity index (χ2v) is 6.45. The molecule has 8 nitrogen and oxygen atoms in total. The van der Waals surface area contributed by atoms with Crippen LogP contribution in [0.15, 0.2) is 65.9 Å². The number of carbonyl (C=O) groups is 2. The predicted molar refractivity (Wildman–Crippen MR) is 108 cm³/mol. The number of nitrogens with zero attached hydrogens (tertiary/aromatic N) is 2. The fourth-order valence-corrected chi connectivity index (χ4v) is 3.08. The highest BCUT2D eigenvalue weighted by atomic mass is 16.6. The zero-order valence-electron chi connectivity index (χ0n) is 15.4. The second-order valence-electron chi connectivity index (χ2n) is 6.45. The van der Waals surface area contributed by atoms with Gasteiger partial charge in [-0.2, -0.15) is 0 Å². The van der Waals surface area contributed by atoms with Gasteiger partial charge >= 0.3 is 0 Å². The van der Waals surface area contributed by atoms with Gasteiger partial charge in [0, 0.05) is 23.6 Å². The Hall–Kier alpha value is -3.94. The number of nitrogens with one attached hydrogen (secondary N) is 1. The first-order valence-electron chi connectivity index (χ1n) is 8.99. The van der Waals surface area contributed by atoms with Crippen LogP contribution in [0, 0.1) is 0 Å². The minimum absolute atomic E-state index is 0.246. The number of nitrogens with two attached hydrogens (primary N) is 1. The molecule has 0 aliphatic carbocycles. The number of pyridine rings is 1. The van der Waals surface area contributed by atoms with Gasteiger partial charge in [-0.25, -0.2) is 0 Å². The van der Waals surface area contributed by atoms with Gasteiger partial charge in [0.15, 0.2) is 6.61 Å². The van der Waals surface area contributed by atoms with Crippen LogP contribution in [0.4, 0.5) is 5.69 Å². The minimum Gasteiger partial charge on any atom is -0.483 e. The minimum atomic E-state index is -0.777. The number of para-hydroxylation sites is 1. The highest BCUT2D eigenvalue weighted by molar-refractivity contribution is 6.09. The molecule has 3 aromatic rings. The number of primary amides is 1. The van der Waals surface area contributed by atoms with Crippen LogP contribution in [0.5, 0.6) is 5.75 Å². The quantitative estimate of drug-likeness (QED) is 0.670. The molecule has 4 rings (SSSR count). The lowest BCUT2D eigenvalue weighted by atomic mass is 10.0. The first-order valence-corrected chi connectivity index (χ1v) is 8.99. The summed E-state index contributed by atoms with van der Waals surface area (Å²) in [4.78, 5) is 33.4. The van der Waals surface area contributed by atoms with Gasteiger partial charge in [0.25, 0.3) is 11.8 Å². The van der Waals surface area contributed by atoms with Crippen molar-refractivity contribution in [3.63, 3.8) is 0 Å². The van der Waals surface area contributed by atoms with Crippen LogP contribution in [0.1, 0.15) is 12.0 Å². The maximum absolute atomic E-state index is 12.7. The molecule has 1 aliphatic rings. The molecule has 146 valence electrons. The third-order valence-corrected chi connectivity index (χ3v) is 4.43. The zero-order valence-corrected chi connectivity index (χ0v) is 15.4. The van der Waals surface area contributed by atoms with Crippen LogP contribution < -0.4 is 15.8 Å². The van der Waals surface area contributed by atoms with E-state index in [2.05, 4.69) is 15.5 Å². The van der Waals surface area contributed by atoms with E-state index in [1.165, 1.54) is 0 Å². The first kappa shape index (κ1) is 18.4. The summed E-state index contributed by atoms with van der Waals surface area (Å²) in [5, 5.41) is 7.77. The molecule has 3 N–H and O–H groups in total. The van der Waals surface area contributed by atoms with E-state index in [1.807, 2.05) is 36.4 Å². The van der Waals surface area contributed by atoms with Crippen molar-refractivity contribution in [3.8, 4) is 5.75 Å². The Morgan fingerprint density at radius 2 is 2.00 bits per heavy atom. The van der Waals surface area contributed by atoms with E-state index in [9.17, 15) is 9.59 Å². The fraction of sp³-hybridized carbons (Fsp3) is 0.143. The predicted octanol–water partition coefficient (Wildman–Crippen LogP) is 2.23. The van der Waals surface area contributed by atoms with E-state index in [4.69, 9.17) is 15.3 Å². The summed E-state index contributed by atoms with van der Waals surface area (Å²) < 4.78 is 5.43. The van der Waals surface area contributed by atoms with Crippen LogP contribution in [0.3, 0.4) is 0 Å². The van der Waals surface area contributed by atoms with Gasteiger partial charge < -0.3 is 20.6 Å². The number of ether oxygens (including phenoxy) is 1. The second kappa shape index (κ2) is 7.97. The number of aromatic nitrogens is 1. The molecule has 2 aromatic carbocycles. The molecule has 0 unspecified atom stereocenters. The summed E-state index contributed by atoms with van der Waals surface area (Å²) in [5.41, 5.74) is 7.80. The molecule has 0 saturated carbocycles. The van der Waals surface area contributed by atoms with Gasteiger partial charge in [-0.15, -0.1) is 0 Å². The number of benzene rings is 2. The van der Waals surface area contributed by atoms with Crippen LogP contribution in [0.2, 0.25) is 0 Å². The summed E-state index contributed by atoms with van der Waals surface area (Å²) in [6, 6.07) is 16.3. The van der Waals surface area contributed by atoms with E-state index >= 15 is 0 Å². The Morgan fingerprint density at radius 1 is 1.14 bits per heavy atom. The molecule has 8 heteroatoms. The summed E-state index contributed by atoms with van der Waals surface area (Å²) >= 11 is 0. The molecule has 29 heavy (non-hydrogen) atoms. The molecule has 2 heterocycles. The molecule has 1 atom stereocenters. The number of hydrogen-bond acceptors (Lipinski definition) is 6. The van der Waals surface area contributed by atoms with Crippen molar-refractivity contribution in [3.05, 3.63) is 66.4 Å². The maximum Gasteiger partial charge on any atom is 0.268 e. The van der Waals surface area contributed by atoms with E-state index < -0.39 is 12.0 Å². The van der Waals surface area contributed by atoms with Crippen LogP contribution in [-0.2, 0) is 14.4 Å². The van der Waals surface area contributed by atoms with Gasteiger partial charge in [0.1, 0.15) is 5.75 Å². The molecular weight excluding hydrogens is 372 g/mol. The fourth-order valence-electron chi connectivity index (χ4n) is 3.08. The third-order valence-electron chi connectivity index (χ3n) is 4.43. The highest BCUT2D eigenvalue weighted by Crippen LogP contribution is 2.26. The van der Waals surface area contributed by atoms with E-state index in [-0.39, 0.29) is 18.9 Å². The number of amides is 2. The van der Waals surface area contributed by atoms with Crippen LogP contribution in [0.25, 0.3) is 10.9 Å². The molecular formula is C21H18N4O4. The van der Waals surface area contributed by atoms with Gasteiger partial charge in [-0.05, 0) is 36.4 Å². The standard InChI is InChI=1S/C21H18N4O4/c22-20(26)12-28-18-9-2-1-5-14(18)17-11-19(29-25-17)21(27)24-16-8-3-7-15-13(16)6-4-10-23-15/h1-10,19H,11-12H2,(H2,22,26)(H,24,27)/t19-/m0/s1. The summed E-state index contributed by atoms with van der Waals surface area (Å²) in [6.07, 6.45) is 1.19. The number of oxime groups is 1. The number of carbonyl (C=O) groups excluding carboxylic acids is 2. The molecule has 0 bridgehead atoms. The largest absolute Gasteiger partial charge is 0.483 e. The van der Waals surface area contributed by atoms with Gasteiger partial charge in [-0.1, -0.05) is 23.4 Å². The van der Waals surface area contributed by atoms with Crippen molar-refractivity contribution < 1.29 is 19.2 Å². The molecule has 0 radical (unpaired) electrons. The Kier molecular flexibility index (Phi) is 5.07. The molecule has 0 saturated heterocycles. The van der Waals surface area contributed by atoms with E-state index in [0.29, 0.717) is 22.7 Å². The smallest absolute Gasteiger partial charge is 0.268 e. The zero-order chi connectivity index (χ0) is 20.2. The third kappa shape index (κ3) is 4.01. The van der Waals surface area contributed by atoms with Crippen molar-refractivity contribution >= 4 is 34.1 Å². The van der Waals surface area contributed by atoms with Crippen molar-refractivity contribution in [1.29, 1.82) is 0 Å². The van der Waals surface area contributed by atoms with E-state index in [0.717, 1.165) is 10.9 Å². The Morgan fingerprint density at radius 3 is 2.86 bits per heavy atom. The average molecular weight is 390 g/mol. The Labute approximate surface area is 166 Å². The Bertz CT molecular complexity index is 1110. The molecule has 1 aromatic heterocycles. The van der Waals surface area contributed by atoms with Crippen molar-refractivity contribution in [1.82, 2.24) is 4.98 Å². The number of rotatable bonds is 6. The summed E-state index contributed by atoms with van der Waals surface area (Å²) in [6.45, 7) is -0.246. The highest BCUT2D eigenvalue weighted by Gasteiger charge is 2.30. The lowest BCUT2D eigenvalue weighted by Crippen LogP contribution is -2.28. The summed E-state index contributed by atoms with van der Waals surface area (Å²) in [5.74, 6) is -0.434. The number of fused-ring (bicyclic) bond motifs is 1. The van der Waals surface area contributed by atoms with Crippen molar-refractivity contribution in [2.24, 2.45) is 10.9 Å². The SMILES string of the molecule is NC(=O)COc1ccccc1C1=NO[C@H](C(=O)Nc2cccc3ncccc23)C1. The summed E-state index contributed by atoms with van der Waals surface area (Å²) in [7, 11) is 0. The van der Waals surface area contributed by atoms with Crippen LogP contribution >= 0.6 is 0 Å². The Balaban J connectivity index is 1.47. The molecule has 2 amide bonds. The molecule has 0 spiro atoms.